The first-order valence-electron chi connectivity index (χ1n) is 10.9. The Morgan fingerprint density at radius 2 is 1.70 bits per heavy atom. The van der Waals surface area contributed by atoms with Gasteiger partial charge < -0.3 is 4.90 Å². The van der Waals surface area contributed by atoms with Gasteiger partial charge in [0.25, 0.3) is 5.91 Å². The topological polar surface area (TPSA) is 23.6 Å². The summed E-state index contributed by atoms with van der Waals surface area (Å²) in [5, 5.41) is 2.95. The molecule has 4 rings (SSSR count). The zero-order valence-corrected chi connectivity index (χ0v) is 18.3. The maximum Gasteiger partial charge on any atom is 0.254 e. The zero-order valence-electron chi connectivity index (χ0n) is 17.6. The number of nitrogens with zero attached hydrogens (tertiary/aromatic N) is 2. The summed E-state index contributed by atoms with van der Waals surface area (Å²) in [6.45, 7) is 6.79. The van der Waals surface area contributed by atoms with Crippen LogP contribution in [0, 0.1) is 5.92 Å². The summed E-state index contributed by atoms with van der Waals surface area (Å²) in [4.78, 5) is 17.8. The number of fused-ring (bicyclic) bond motifs is 1. The summed E-state index contributed by atoms with van der Waals surface area (Å²) in [6, 6.07) is 22.3. The summed E-state index contributed by atoms with van der Waals surface area (Å²) in [7, 11) is 0. The molecular formula is C26H29ClN2O. The molecule has 156 valence electrons. The first kappa shape index (κ1) is 20.9. The van der Waals surface area contributed by atoms with Gasteiger partial charge in [-0.15, -0.1) is 0 Å². The molecular weight excluding hydrogens is 392 g/mol. The van der Waals surface area contributed by atoms with E-state index in [0.717, 1.165) is 66.9 Å². The molecule has 0 radical (unpaired) electrons. The van der Waals surface area contributed by atoms with E-state index in [-0.39, 0.29) is 5.91 Å². The van der Waals surface area contributed by atoms with Crippen molar-refractivity contribution in [3.63, 3.8) is 0 Å². The first-order valence-corrected chi connectivity index (χ1v) is 11.3. The van der Waals surface area contributed by atoms with Gasteiger partial charge in [-0.05, 0) is 73.3 Å². The Morgan fingerprint density at radius 1 is 1.00 bits per heavy atom. The van der Waals surface area contributed by atoms with E-state index in [1.165, 1.54) is 5.56 Å². The Labute approximate surface area is 184 Å². The largest absolute Gasteiger partial charge is 0.339 e. The van der Waals surface area contributed by atoms with Gasteiger partial charge in [0, 0.05) is 30.2 Å². The lowest BCUT2D eigenvalue weighted by atomic mass is 9.95. The van der Waals surface area contributed by atoms with Crippen LogP contribution in [0.25, 0.3) is 10.8 Å². The molecule has 0 unspecified atom stereocenters. The molecule has 0 aromatic heterocycles. The SMILES string of the molecule is CCN(CC1CCN(Cc2ccc(Cl)cc2)CC1)C(=O)c1cccc2ccccc12. The number of benzene rings is 3. The van der Waals surface area contributed by atoms with E-state index in [9.17, 15) is 4.79 Å². The van der Waals surface area contributed by atoms with Crippen molar-refractivity contribution in [2.45, 2.75) is 26.3 Å². The third kappa shape index (κ3) is 4.85. The van der Waals surface area contributed by atoms with Crippen LogP contribution in [0.15, 0.2) is 66.7 Å². The molecule has 0 aliphatic carbocycles. The van der Waals surface area contributed by atoms with Crippen LogP contribution in [0.1, 0.15) is 35.7 Å². The second-order valence-electron chi connectivity index (χ2n) is 8.22. The molecule has 1 aliphatic rings. The third-order valence-corrected chi connectivity index (χ3v) is 6.45. The average molecular weight is 421 g/mol. The van der Waals surface area contributed by atoms with Gasteiger partial charge in [-0.25, -0.2) is 0 Å². The molecule has 30 heavy (non-hydrogen) atoms. The van der Waals surface area contributed by atoms with E-state index in [4.69, 9.17) is 11.6 Å². The van der Waals surface area contributed by atoms with Crippen molar-refractivity contribution in [1.82, 2.24) is 9.80 Å². The Balaban J connectivity index is 1.36. The van der Waals surface area contributed by atoms with Crippen molar-refractivity contribution in [2.24, 2.45) is 5.92 Å². The predicted octanol–water partition coefficient (Wildman–Crippen LogP) is 5.87. The van der Waals surface area contributed by atoms with E-state index in [0.29, 0.717) is 5.92 Å². The van der Waals surface area contributed by atoms with Crippen molar-refractivity contribution in [3.8, 4) is 0 Å². The lowest BCUT2D eigenvalue weighted by Gasteiger charge is -2.34. The van der Waals surface area contributed by atoms with Gasteiger partial charge in [-0.2, -0.15) is 0 Å². The normalized spacial score (nSPS) is 15.4. The van der Waals surface area contributed by atoms with Crippen molar-refractivity contribution in [3.05, 3.63) is 82.9 Å². The van der Waals surface area contributed by atoms with E-state index < -0.39 is 0 Å². The van der Waals surface area contributed by atoms with E-state index in [1.807, 2.05) is 47.4 Å². The molecule has 0 spiro atoms. The van der Waals surface area contributed by atoms with Crippen LogP contribution in [0.3, 0.4) is 0 Å². The summed E-state index contributed by atoms with van der Waals surface area (Å²) in [6.07, 6.45) is 2.26. The Kier molecular flexibility index (Phi) is 6.71. The van der Waals surface area contributed by atoms with Gasteiger partial charge in [0.2, 0.25) is 0 Å². The van der Waals surface area contributed by atoms with Crippen LogP contribution in [0.4, 0.5) is 0 Å². The van der Waals surface area contributed by atoms with Crippen molar-refractivity contribution >= 4 is 28.3 Å². The van der Waals surface area contributed by atoms with Crippen LogP contribution in [-0.4, -0.2) is 41.9 Å². The molecule has 3 nitrogen and oxygen atoms in total. The molecule has 1 saturated heterocycles. The highest BCUT2D eigenvalue weighted by Gasteiger charge is 2.24. The van der Waals surface area contributed by atoms with Crippen LogP contribution < -0.4 is 0 Å². The summed E-state index contributed by atoms with van der Waals surface area (Å²) < 4.78 is 0. The van der Waals surface area contributed by atoms with Crippen LogP contribution in [0.2, 0.25) is 5.02 Å². The molecule has 3 aromatic rings. The maximum absolute atomic E-state index is 13.3. The quantitative estimate of drug-likeness (QED) is 0.498. The molecule has 4 heteroatoms. The highest BCUT2D eigenvalue weighted by Crippen LogP contribution is 2.24. The Morgan fingerprint density at radius 3 is 2.43 bits per heavy atom. The van der Waals surface area contributed by atoms with Gasteiger partial charge >= 0.3 is 0 Å². The van der Waals surface area contributed by atoms with E-state index in [2.05, 4.69) is 36.1 Å². The highest BCUT2D eigenvalue weighted by atomic mass is 35.5. The summed E-state index contributed by atoms with van der Waals surface area (Å²) >= 11 is 5.99. The predicted molar refractivity (Wildman–Crippen MR) is 125 cm³/mol. The second kappa shape index (κ2) is 9.63. The highest BCUT2D eigenvalue weighted by molar-refractivity contribution is 6.30. The Hall–Kier alpha value is -2.36. The Bertz CT molecular complexity index is 988. The molecule has 0 atom stereocenters. The number of carbonyl (C=O) groups excluding carboxylic acids is 1. The van der Waals surface area contributed by atoms with E-state index in [1.54, 1.807) is 0 Å². The molecule has 1 aliphatic heterocycles. The molecule has 1 fully saturated rings. The number of halogens is 1. The molecule has 0 N–H and O–H groups in total. The monoisotopic (exact) mass is 420 g/mol. The number of amides is 1. The number of rotatable bonds is 6. The van der Waals surface area contributed by atoms with Crippen molar-refractivity contribution in [1.29, 1.82) is 0 Å². The van der Waals surface area contributed by atoms with Crippen LogP contribution in [-0.2, 0) is 6.54 Å². The minimum atomic E-state index is 0.151. The van der Waals surface area contributed by atoms with Gasteiger partial charge in [0.1, 0.15) is 0 Å². The summed E-state index contributed by atoms with van der Waals surface area (Å²) in [5.41, 5.74) is 2.12. The smallest absolute Gasteiger partial charge is 0.254 e. The van der Waals surface area contributed by atoms with Gasteiger partial charge in [-0.3, -0.25) is 9.69 Å². The van der Waals surface area contributed by atoms with Crippen LogP contribution >= 0.6 is 11.6 Å². The van der Waals surface area contributed by atoms with Crippen LogP contribution in [0.5, 0.6) is 0 Å². The molecule has 3 aromatic carbocycles. The number of piperidine rings is 1. The second-order valence-corrected chi connectivity index (χ2v) is 8.65. The molecule has 0 bridgehead atoms. The summed E-state index contributed by atoms with van der Waals surface area (Å²) in [5.74, 6) is 0.711. The number of hydrogen-bond acceptors (Lipinski definition) is 2. The lowest BCUT2D eigenvalue weighted by molar-refractivity contribution is 0.0700. The zero-order chi connectivity index (χ0) is 20.9. The van der Waals surface area contributed by atoms with Crippen molar-refractivity contribution < 1.29 is 4.79 Å². The van der Waals surface area contributed by atoms with Gasteiger partial charge in [0.05, 0.1) is 0 Å². The molecule has 1 heterocycles. The number of hydrogen-bond donors (Lipinski definition) is 0. The number of carbonyl (C=O) groups is 1. The molecule has 1 amide bonds. The molecule has 0 saturated carbocycles. The fourth-order valence-corrected chi connectivity index (χ4v) is 4.55. The maximum atomic E-state index is 13.3. The fraction of sp³-hybridized carbons (Fsp3) is 0.346. The third-order valence-electron chi connectivity index (χ3n) is 6.19. The van der Waals surface area contributed by atoms with E-state index >= 15 is 0 Å². The number of likely N-dealkylation sites (tertiary alicyclic amines) is 1. The standard InChI is InChI=1S/C26H29ClN2O/c1-2-29(26(30)25-9-5-7-22-6-3-4-8-24(22)25)19-21-14-16-28(17-15-21)18-20-10-12-23(27)13-11-20/h3-13,21H,2,14-19H2,1H3. The van der Waals surface area contributed by atoms with Gasteiger partial charge in [0.15, 0.2) is 0 Å². The van der Waals surface area contributed by atoms with Crippen molar-refractivity contribution in [2.75, 3.05) is 26.2 Å². The van der Waals surface area contributed by atoms with Gasteiger partial charge in [-0.1, -0.05) is 60.1 Å². The average Bonchev–Trinajstić information content (AvgIpc) is 2.79. The minimum Gasteiger partial charge on any atom is -0.339 e. The first-order chi connectivity index (χ1) is 14.6. The minimum absolute atomic E-state index is 0.151. The lowest BCUT2D eigenvalue weighted by Crippen LogP contribution is -2.40. The fourth-order valence-electron chi connectivity index (χ4n) is 4.42.